The maximum atomic E-state index is 12.1. The smallest absolute Gasteiger partial charge is 0.223 e. The third kappa shape index (κ3) is 4.25. The molecule has 3 nitrogen and oxygen atoms in total. The van der Waals surface area contributed by atoms with Gasteiger partial charge in [0.1, 0.15) is 0 Å². The number of carbonyl (C=O) groups is 1. The Morgan fingerprint density at radius 1 is 1.47 bits per heavy atom. The van der Waals surface area contributed by atoms with Crippen LogP contribution in [-0.2, 0) is 18.4 Å². The van der Waals surface area contributed by atoms with Crippen molar-refractivity contribution >= 4 is 5.91 Å². The molecule has 0 aliphatic carbocycles. The lowest BCUT2D eigenvalue weighted by molar-refractivity contribution is -0.132. The molecular weight excluding hydrogens is 212 g/mol. The van der Waals surface area contributed by atoms with E-state index in [9.17, 15) is 4.79 Å². The molecule has 0 atom stereocenters. The van der Waals surface area contributed by atoms with E-state index in [2.05, 4.69) is 31.4 Å². The zero-order chi connectivity index (χ0) is 12.8. The predicted octanol–water partition coefficient (Wildman–Crippen LogP) is 2.81. The van der Waals surface area contributed by atoms with E-state index in [4.69, 9.17) is 0 Å². The quantitative estimate of drug-likeness (QED) is 0.745. The third-order valence-corrected chi connectivity index (χ3v) is 2.83. The Labute approximate surface area is 104 Å². The van der Waals surface area contributed by atoms with Gasteiger partial charge in [-0.05, 0) is 24.5 Å². The van der Waals surface area contributed by atoms with E-state index in [1.54, 1.807) is 0 Å². The van der Waals surface area contributed by atoms with Gasteiger partial charge in [0.25, 0.3) is 0 Å². The molecule has 1 rings (SSSR count). The van der Waals surface area contributed by atoms with Crippen LogP contribution < -0.4 is 0 Å². The summed E-state index contributed by atoms with van der Waals surface area (Å²) in [6.07, 6.45) is 3.67. The highest BCUT2D eigenvalue weighted by Gasteiger charge is 2.15. The van der Waals surface area contributed by atoms with Crippen molar-refractivity contribution in [2.45, 2.75) is 40.2 Å². The van der Waals surface area contributed by atoms with Gasteiger partial charge in [0.05, 0.1) is 6.54 Å². The lowest BCUT2D eigenvalue weighted by Crippen LogP contribution is -2.32. The molecule has 0 spiro atoms. The second kappa shape index (κ2) is 6.48. The fourth-order valence-electron chi connectivity index (χ4n) is 1.90. The minimum atomic E-state index is 0.267. The van der Waals surface area contributed by atoms with E-state index in [1.165, 1.54) is 5.69 Å². The SMILES string of the molecule is CCCN(Cc1cccn1C)C(=O)CC(C)C. The van der Waals surface area contributed by atoms with Gasteiger partial charge in [-0.15, -0.1) is 0 Å². The van der Waals surface area contributed by atoms with Crippen molar-refractivity contribution in [3.05, 3.63) is 24.0 Å². The molecule has 17 heavy (non-hydrogen) atoms. The third-order valence-electron chi connectivity index (χ3n) is 2.83. The number of aromatic nitrogens is 1. The lowest BCUT2D eigenvalue weighted by Gasteiger charge is -2.23. The van der Waals surface area contributed by atoms with Crippen LogP contribution in [0.4, 0.5) is 0 Å². The van der Waals surface area contributed by atoms with Gasteiger partial charge in [0, 0.05) is 31.9 Å². The maximum absolute atomic E-state index is 12.1. The highest BCUT2D eigenvalue weighted by molar-refractivity contribution is 5.76. The fraction of sp³-hybridized carbons (Fsp3) is 0.643. The molecule has 0 aliphatic heterocycles. The second-order valence-corrected chi connectivity index (χ2v) is 5.02. The van der Waals surface area contributed by atoms with Crippen molar-refractivity contribution in [2.75, 3.05) is 6.54 Å². The van der Waals surface area contributed by atoms with Crippen LogP contribution in [0.5, 0.6) is 0 Å². The molecule has 0 radical (unpaired) electrons. The van der Waals surface area contributed by atoms with Crippen molar-refractivity contribution < 1.29 is 4.79 Å². The molecule has 0 aromatic carbocycles. The molecule has 0 bridgehead atoms. The van der Waals surface area contributed by atoms with Gasteiger partial charge in [-0.1, -0.05) is 20.8 Å². The summed E-state index contributed by atoms with van der Waals surface area (Å²) in [6.45, 7) is 7.86. The average molecular weight is 236 g/mol. The minimum Gasteiger partial charge on any atom is -0.353 e. The monoisotopic (exact) mass is 236 g/mol. The highest BCUT2D eigenvalue weighted by Crippen LogP contribution is 2.10. The Bertz CT molecular complexity index is 355. The highest BCUT2D eigenvalue weighted by atomic mass is 16.2. The van der Waals surface area contributed by atoms with Crippen LogP contribution in [0.1, 0.15) is 39.3 Å². The zero-order valence-corrected chi connectivity index (χ0v) is 11.4. The van der Waals surface area contributed by atoms with Crippen LogP contribution in [-0.4, -0.2) is 21.9 Å². The van der Waals surface area contributed by atoms with Crippen LogP contribution in [0.3, 0.4) is 0 Å². The number of carbonyl (C=O) groups excluding carboxylic acids is 1. The Kier molecular flexibility index (Phi) is 5.26. The van der Waals surface area contributed by atoms with Crippen molar-refractivity contribution in [3.63, 3.8) is 0 Å². The van der Waals surface area contributed by atoms with Gasteiger partial charge in [-0.2, -0.15) is 0 Å². The molecule has 3 heteroatoms. The summed E-state index contributed by atoms with van der Waals surface area (Å²) in [6, 6.07) is 4.09. The standard InChI is InChI=1S/C14H24N2O/c1-5-8-16(14(17)10-12(2)3)11-13-7-6-9-15(13)4/h6-7,9,12H,5,8,10-11H2,1-4H3. The van der Waals surface area contributed by atoms with Gasteiger partial charge in [0.15, 0.2) is 0 Å². The molecule has 0 aliphatic rings. The largest absolute Gasteiger partial charge is 0.353 e. The number of hydrogen-bond acceptors (Lipinski definition) is 1. The van der Waals surface area contributed by atoms with Gasteiger partial charge >= 0.3 is 0 Å². The van der Waals surface area contributed by atoms with Crippen LogP contribution in [0, 0.1) is 5.92 Å². The van der Waals surface area contributed by atoms with Crippen LogP contribution in [0.15, 0.2) is 18.3 Å². The van der Waals surface area contributed by atoms with Gasteiger partial charge in [-0.3, -0.25) is 4.79 Å². The first kappa shape index (κ1) is 13.8. The Hall–Kier alpha value is -1.25. The van der Waals surface area contributed by atoms with Crippen molar-refractivity contribution in [2.24, 2.45) is 13.0 Å². The van der Waals surface area contributed by atoms with Crippen molar-refractivity contribution in [1.29, 1.82) is 0 Å². The Balaban J connectivity index is 2.66. The minimum absolute atomic E-state index is 0.267. The molecule has 0 unspecified atom stereocenters. The summed E-state index contributed by atoms with van der Waals surface area (Å²) >= 11 is 0. The van der Waals surface area contributed by atoms with Crippen LogP contribution in [0.2, 0.25) is 0 Å². The number of hydrogen-bond donors (Lipinski definition) is 0. The fourth-order valence-corrected chi connectivity index (χ4v) is 1.90. The first-order valence-corrected chi connectivity index (χ1v) is 6.42. The van der Waals surface area contributed by atoms with E-state index < -0.39 is 0 Å². The Morgan fingerprint density at radius 2 is 2.18 bits per heavy atom. The molecule has 1 heterocycles. The molecule has 0 saturated carbocycles. The summed E-state index contributed by atoms with van der Waals surface area (Å²) in [4.78, 5) is 14.1. The van der Waals surface area contributed by atoms with E-state index in [0.717, 1.165) is 19.5 Å². The normalized spacial score (nSPS) is 10.9. The maximum Gasteiger partial charge on any atom is 0.223 e. The predicted molar refractivity (Wildman–Crippen MR) is 70.6 cm³/mol. The Morgan fingerprint density at radius 3 is 2.65 bits per heavy atom. The number of amides is 1. The first-order valence-electron chi connectivity index (χ1n) is 6.42. The first-order chi connectivity index (χ1) is 8.04. The molecule has 0 saturated heterocycles. The molecule has 1 aromatic rings. The molecule has 0 N–H and O–H groups in total. The van der Waals surface area contributed by atoms with Gasteiger partial charge in [-0.25, -0.2) is 0 Å². The van der Waals surface area contributed by atoms with E-state index in [0.29, 0.717) is 12.3 Å². The van der Waals surface area contributed by atoms with E-state index in [1.807, 2.05) is 24.2 Å². The summed E-state index contributed by atoms with van der Waals surface area (Å²) in [5.41, 5.74) is 1.19. The molecule has 1 aromatic heterocycles. The number of rotatable bonds is 6. The lowest BCUT2D eigenvalue weighted by atomic mass is 10.1. The average Bonchev–Trinajstić information content (AvgIpc) is 2.62. The van der Waals surface area contributed by atoms with Gasteiger partial charge < -0.3 is 9.47 Å². The number of nitrogens with zero attached hydrogens (tertiary/aromatic N) is 2. The van der Waals surface area contributed by atoms with Crippen molar-refractivity contribution in [1.82, 2.24) is 9.47 Å². The van der Waals surface area contributed by atoms with Crippen molar-refractivity contribution in [3.8, 4) is 0 Å². The van der Waals surface area contributed by atoms with E-state index >= 15 is 0 Å². The second-order valence-electron chi connectivity index (χ2n) is 5.02. The summed E-state index contributed by atoms with van der Waals surface area (Å²) in [5, 5.41) is 0. The van der Waals surface area contributed by atoms with Gasteiger partial charge in [0.2, 0.25) is 5.91 Å². The molecule has 96 valence electrons. The zero-order valence-electron chi connectivity index (χ0n) is 11.4. The number of aryl methyl sites for hydroxylation is 1. The summed E-state index contributed by atoms with van der Waals surface area (Å²) in [5.74, 6) is 0.693. The topological polar surface area (TPSA) is 25.2 Å². The molecule has 1 amide bonds. The van der Waals surface area contributed by atoms with Crippen LogP contribution >= 0.6 is 0 Å². The molecule has 0 fully saturated rings. The summed E-state index contributed by atoms with van der Waals surface area (Å²) < 4.78 is 2.07. The van der Waals surface area contributed by atoms with Crippen LogP contribution in [0.25, 0.3) is 0 Å². The van der Waals surface area contributed by atoms with E-state index in [-0.39, 0.29) is 5.91 Å². The molecular formula is C14H24N2O. The summed E-state index contributed by atoms with van der Waals surface area (Å²) in [7, 11) is 2.02.